The Morgan fingerprint density at radius 1 is 1.61 bits per heavy atom. The molecule has 18 heavy (non-hydrogen) atoms. The van der Waals surface area contributed by atoms with E-state index in [0.29, 0.717) is 12.3 Å². The summed E-state index contributed by atoms with van der Waals surface area (Å²) in [5.41, 5.74) is 0. The van der Waals surface area contributed by atoms with Gasteiger partial charge in [0, 0.05) is 19.0 Å². The first-order chi connectivity index (χ1) is 8.66. The number of hydrogen-bond donors (Lipinski definition) is 0. The number of carbonyl (C=O) groups is 1. The van der Waals surface area contributed by atoms with Crippen LogP contribution in [0.25, 0.3) is 0 Å². The molecule has 2 rings (SSSR count). The maximum atomic E-state index is 11.9. The molecule has 1 amide bonds. The van der Waals surface area contributed by atoms with E-state index in [9.17, 15) is 4.79 Å². The molecule has 0 aliphatic rings. The van der Waals surface area contributed by atoms with E-state index in [1.54, 1.807) is 27.1 Å². The van der Waals surface area contributed by atoms with Crippen molar-refractivity contribution in [3.63, 3.8) is 0 Å². The Hall–Kier alpha value is -1.34. The summed E-state index contributed by atoms with van der Waals surface area (Å²) in [6.45, 7) is 0.663. The molecule has 0 fully saturated rings. The first-order valence-corrected chi connectivity index (χ1v) is 7.26. The van der Waals surface area contributed by atoms with E-state index >= 15 is 0 Å². The highest BCUT2D eigenvalue weighted by molar-refractivity contribution is 7.99. The van der Waals surface area contributed by atoms with E-state index in [2.05, 4.69) is 10.2 Å². The molecule has 0 atom stereocenters. The van der Waals surface area contributed by atoms with Gasteiger partial charge in [-0.3, -0.25) is 4.79 Å². The molecule has 2 heterocycles. The number of thioether (sulfide) groups is 1. The van der Waals surface area contributed by atoms with Gasteiger partial charge in [-0.05, 0) is 11.4 Å². The number of thiophene rings is 1. The Balaban J connectivity index is 1.82. The van der Waals surface area contributed by atoms with Crippen LogP contribution in [0.3, 0.4) is 0 Å². The van der Waals surface area contributed by atoms with Gasteiger partial charge in [-0.1, -0.05) is 17.8 Å². The van der Waals surface area contributed by atoms with Crippen molar-refractivity contribution < 1.29 is 4.79 Å². The van der Waals surface area contributed by atoms with Gasteiger partial charge in [-0.25, -0.2) is 0 Å². The van der Waals surface area contributed by atoms with Gasteiger partial charge in [0.15, 0.2) is 5.16 Å². The normalized spacial score (nSPS) is 10.6. The Morgan fingerprint density at radius 2 is 2.44 bits per heavy atom. The number of amides is 1. The van der Waals surface area contributed by atoms with Gasteiger partial charge in [0.2, 0.25) is 5.91 Å². The summed E-state index contributed by atoms with van der Waals surface area (Å²) in [5.74, 6) is 0.477. The van der Waals surface area contributed by atoms with Crippen molar-refractivity contribution >= 4 is 29.0 Å². The summed E-state index contributed by atoms with van der Waals surface area (Å²) >= 11 is 3.06. The number of nitrogens with zero attached hydrogens (tertiary/aromatic N) is 4. The topological polar surface area (TPSA) is 51.0 Å². The number of hydrogen-bond acceptors (Lipinski definition) is 5. The third-order valence-corrected chi connectivity index (χ3v) is 4.27. The van der Waals surface area contributed by atoms with Gasteiger partial charge in [0.1, 0.15) is 6.33 Å². The molecule has 0 saturated carbocycles. The predicted octanol–water partition coefficient (Wildman–Crippen LogP) is 1.63. The highest BCUT2D eigenvalue weighted by atomic mass is 32.2. The van der Waals surface area contributed by atoms with Gasteiger partial charge >= 0.3 is 0 Å². The summed E-state index contributed by atoms with van der Waals surface area (Å²) in [4.78, 5) is 14.8. The van der Waals surface area contributed by atoms with Crippen LogP contribution >= 0.6 is 23.1 Å². The Kier molecular flexibility index (Phi) is 4.38. The number of aryl methyl sites for hydroxylation is 1. The molecule has 0 saturated heterocycles. The number of aromatic nitrogens is 3. The van der Waals surface area contributed by atoms with Crippen molar-refractivity contribution in [2.75, 3.05) is 12.8 Å². The summed E-state index contributed by atoms with van der Waals surface area (Å²) in [7, 11) is 3.68. The molecule has 0 aliphatic heterocycles. The molecule has 5 nitrogen and oxygen atoms in total. The molecule has 0 spiro atoms. The largest absolute Gasteiger partial charge is 0.340 e. The van der Waals surface area contributed by atoms with Crippen LogP contribution in [0.15, 0.2) is 29.0 Å². The lowest BCUT2D eigenvalue weighted by atomic mass is 10.4. The van der Waals surface area contributed by atoms with Gasteiger partial charge in [-0.15, -0.1) is 21.5 Å². The monoisotopic (exact) mass is 282 g/mol. The molecule has 0 aromatic carbocycles. The summed E-state index contributed by atoms with van der Waals surface area (Å²) in [6, 6.07) is 4.02. The summed E-state index contributed by atoms with van der Waals surface area (Å²) in [6.07, 6.45) is 1.63. The van der Waals surface area contributed by atoms with Gasteiger partial charge in [-0.2, -0.15) is 0 Å². The van der Waals surface area contributed by atoms with Crippen LogP contribution < -0.4 is 0 Å². The SMILES string of the molecule is CN(Cc1cccs1)C(=O)CSc1nncn1C. The lowest BCUT2D eigenvalue weighted by Crippen LogP contribution is -2.27. The lowest BCUT2D eigenvalue weighted by Gasteiger charge is -2.15. The maximum Gasteiger partial charge on any atom is 0.233 e. The minimum absolute atomic E-state index is 0.0939. The van der Waals surface area contributed by atoms with E-state index in [4.69, 9.17) is 0 Å². The Labute approximate surface area is 114 Å². The number of rotatable bonds is 5. The van der Waals surface area contributed by atoms with Crippen LogP contribution in [0.4, 0.5) is 0 Å². The first-order valence-electron chi connectivity index (χ1n) is 5.40. The minimum atomic E-state index is 0.0939. The second-order valence-corrected chi connectivity index (χ2v) is 5.82. The second-order valence-electron chi connectivity index (χ2n) is 3.84. The molecular formula is C11H14N4OS2. The summed E-state index contributed by atoms with van der Waals surface area (Å²) < 4.78 is 1.80. The molecule has 0 radical (unpaired) electrons. The van der Waals surface area contributed by atoms with Gasteiger partial charge < -0.3 is 9.47 Å². The molecule has 2 aromatic rings. The van der Waals surface area contributed by atoms with E-state index in [0.717, 1.165) is 5.16 Å². The van der Waals surface area contributed by atoms with E-state index in [1.165, 1.54) is 16.6 Å². The standard InChI is InChI=1S/C11H14N4OS2/c1-14(6-9-4-3-5-17-9)10(16)7-18-11-13-12-8-15(11)2/h3-5,8H,6-7H2,1-2H3. The van der Waals surface area contributed by atoms with Crippen molar-refractivity contribution in [3.8, 4) is 0 Å². The Morgan fingerprint density at radius 3 is 3.06 bits per heavy atom. The smallest absolute Gasteiger partial charge is 0.233 e. The van der Waals surface area contributed by atoms with Crippen LogP contribution in [0.5, 0.6) is 0 Å². The second kappa shape index (κ2) is 6.01. The van der Waals surface area contributed by atoms with Crippen molar-refractivity contribution in [3.05, 3.63) is 28.7 Å². The molecule has 0 aliphatic carbocycles. The fourth-order valence-electron chi connectivity index (χ4n) is 1.36. The average molecular weight is 282 g/mol. The lowest BCUT2D eigenvalue weighted by molar-refractivity contribution is -0.127. The van der Waals surface area contributed by atoms with Gasteiger partial charge in [0.25, 0.3) is 0 Å². The van der Waals surface area contributed by atoms with Gasteiger partial charge in [0.05, 0.1) is 12.3 Å². The fraction of sp³-hybridized carbons (Fsp3) is 0.364. The molecule has 0 unspecified atom stereocenters. The van der Waals surface area contributed by atoms with E-state index < -0.39 is 0 Å². The molecular weight excluding hydrogens is 268 g/mol. The highest BCUT2D eigenvalue weighted by Crippen LogP contribution is 2.15. The van der Waals surface area contributed by atoms with Crippen molar-refractivity contribution in [1.29, 1.82) is 0 Å². The first kappa shape index (κ1) is 13.1. The zero-order valence-electron chi connectivity index (χ0n) is 10.2. The van der Waals surface area contributed by atoms with Crippen molar-refractivity contribution in [2.24, 2.45) is 7.05 Å². The quantitative estimate of drug-likeness (QED) is 0.782. The van der Waals surface area contributed by atoms with Crippen molar-refractivity contribution in [2.45, 2.75) is 11.7 Å². The number of carbonyl (C=O) groups excluding carboxylic acids is 1. The van der Waals surface area contributed by atoms with Crippen LogP contribution in [-0.4, -0.2) is 38.4 Å². The molecule has 0 N–H and O–H groups in total. The van der Waals surface area contributed by atoms with Crippen LogP contribution in [-0.2, 0) is 18.4 Å². The molecule has 96 valence electrons. The minimum Gasteiger partial charge on any atom is -0.340 e. The van der Waals surface area contributed by atoms with E-state index in [1.807, 2.05) is 31.6 Å². The predicted molar refractivity (Wildman–Crippen MR) is 72.5 cm³/mol. The average Bonchev–Trinajstić information content (AvgIpc) is 2.98. The molecule has 2 aromatic heterocycles. The van der Waals surface area contributed by atoms with Crippen LogP contribution in [0.1, 0.15) is 4.88 Å². The third kappa shape index (κ3) is 3.33. The van der Waals surface area contributed by atoms with Crippen LogP contribution in [0.2, 0.25) is 0 Å². The van der Waals surface area contributed by atoms with Crippen molar-refractivity contribution in [1.82, 2.24) is 19.7 Å². The zero-order valence-corrected chi connectivity index (χ0v) is 11.9. The van der Waals surface area contributed by atoms with Crippen LogP contribution in [0, 0.1) is 0 Å². The zero-order chi connectivity index (χ0) is 13.0. The summed E-state index contributed by atoms with van der Waals surface area (Å²) in [5, 5.41) is 10.5. The maximum absolute atomic E-state index is 11.9. The van der Waals surface area contributed by atoms with E-state index in [-0.39, 0.29) is 5.91 Å². The molecule has 0 bridgehead atoms. The highest BCUT2D eigenvalue weighted by Gasteiger charge is 2.12. The molecule has 7 heteroatoms. The third-order valence-electron chi connectivity index (χ3n) is 2.39. The Bertz CT molecular complexity index is 509. The fourth-order valence-corrected chi connectivity index (χ4v) is 2.95.